The number of phenolic OH excluding ortho intramolecular Hbond substituents is 1. The lowest BCUT2D eigenvalue weighted by Crippen LogP contribution is -2.56. The standard InChI is InChI=1S/C27H35N5O5/c1-5-18-8-6-7-9-19(18)12-23(27(37)30-14-24(29)34)32-25(35)17(4)31-26(36)22(28)13-21-15(2)10-20(33)11-16(21)3/h5-11,17,22-23,33H,1,12-14,28H2,2-4H3,(H2,29,34)(H,30,37)(H,31,36)(H,32,35)/t17-,22+,23+/m1/s1. The number of primary amides is 1. The number of carbonyl (C=O) groups is 4. The fourth-order valence-corrected chi connectivity index (χ4v) is 3.93. The van der Waals surface area contributed by atoms with Crippen LogP contribution < -0.4 is 27.4 Å². The summed E-state index contributed by atoms with van der Waals surface area (Å²) in [4.78, 5) is 49.5. The van der Waals surface area contributed by atoms with Gasteiger partial charge in [-0.3, -0.25) is 19.2 Å². The first-order valence-corrected chi connectivity index (χ1v) is 11.8. The number of carbonyl (C=O) groups excluding carboxylic acids is 4. The van der Waals surface area contributed by atoms with Gasteiger partial charge in [-0.15, -0.1) is 0 Å². The molecule has 10 nitrogen and oxygen atoms in total. The van der Waals surface area contributed by atoms with Gasteiger partial charge in [0, 0.05) is 6.42 Å². The molecule has 0 aliphatic carbocycles. The van der Waals surface area contributed by atoms with E-state index in [9.17, 15) is 24.3 Å². The number of rotatable bonds is 12. The van der Waals surface area contributed by atoms with Crippen molar-refractivity contribution in [2.24, 2.45) is 11.5 Å². The number of benzene rings is 2. The predicted molar refractivity (Wildman–Crippen MR) is 141 cm³/mol. The van der Waals surface area contributed by atoms with E-state index < -0.39 is 41.8 Å². The predicted octanol–water partition coefficient (Wildman–Crippen LogP) is 0.356. The molecule has 3 atom stereocenters. The van der Waals surface area contributed by atoms with Crippen molar-refractivity contribution < 1.29 is 24.3 Å². The van der Waals surface area contributed by atoms with Gasteiger partial charge in [0.05, 0.1) is 12.6 Å². The van der Waals surface area contributed by atoms with Crippen molar-refractivity contribution in [2.45, 2.75) is 51.7 Å². The molecule has 0 aliphatic rings. The van der Waals surface area contributed by atoms with E-state index >= 15 is 0 Å². The molecule has 0 aliphatic heterocycles. The van der Waals surface area contributed by atoms with Gasteiger partial charge in [0.25, 0.3) is 0 Å². The molecule has 2 rings (SSSR count). The molecule has 0 saturated carbocycles. The van der Waals surface area contributed by atoms with Crippen molar-refractivity contribution in [3.8, 4) is 5.75 Å². The minimum absolute atomic E-state index is 0.123. The molecule has 0 bridgehead atoms. The first kappa shape index (κ1) is 29.1. The van der Waals surface area contributed by atoms with Gasteiger partial charge >= 0.3 is 0 Å². The summed E-state index contributed by atoms with van der Waals surface area (Å²) in [5.74, 6) is -2.33. The van der Waals surface area contributed by atoms with Crippen LogP contribution in [0.3, 0.4) is 0 Å². The third kappa shape index (κ3) is 8.46. The normalized spacial score (nSPS) is 13.1. The summed E-state index contributed by atoms with van der Waals surface area (Å²) in [7, 11) is 0. The van der Waals surface area contributed by atoms with Gasteiger partial charge in [-0.25, -0.2) is 0 Å². The molecule has 37 heavy (non-hydrogen) atoms. The Morgan fingerprint density at radius 2 is 1.62 bits per heavy atom. The minimum atomic E-state index is -1.04. The molecular formula is C27H35N5O5. The highest BCUT2D eigenvalue weighted by Crippen LogP contribution is 2.21. The molecule has 0 spiro atoms. The van der Waals surface area contributed by atoms with Crippen LogP contribution in [0.25, 0.3) is 6.08 Å². The van der Waals surface area contributed by atoms with Gasteiger partial charge in [-0.1, -0.05) is 36.9 Å². The summed E-state index contributed by atoms with van der Waals surface area (Å²) in [6.45, 7) is 8.49. The summed E-state index contributed by atoms with van der Waals surface area (Å²) in [6.07, 6.45) is 1.98. The van der Waals surface area contributed by atoms with Crippen LogP contribution in [0.1, 0.15) is 34.7 Å². The average molecular weight is 510 g/mol. The first-order chi connectivity index (χ1) is 17.4. The lowest BCUT2D eigenvalue weighted by molar-refractivity contribution is -0.132. The molecule has 0 unspecified atom stereocenters. The number of aromatic hydroxyl groups is 1. The molecule has 198 valence electrons. The highest BCUT2D eigenvalue weighted by atomic mass is 16.3. The van der Waals surface area contributed by atoms with Crippen molar-refractivity contribution in [1.29, 1.82) is 0 Å². The van der Waals surface area contributed by atoms with E-state index in [4.69, 9.17) is 11.5 Å². The van der Waals surface area contributed by atoms with E-state index in [2.05, 4.69) is 22.5 Å². The van der Waals surface area contributed by atoms with E-state index in [1.807, 2.05) is 26.0 Å². The van der Waals surface area contributed by atoms with E-state index in [0.717, 1.165) is 27.8 Å². The van der Waals surface area contributed by atoms with Gasteiger partial charge in [0.2, 0.25) is 23.6 Å². The average Bonchev–Trinajstić information content (AvgIpc) is 2.84. The monoisotopic (exact) mass is 509 g/mol. The number of amides is 4. The maximum absolute atomic E-state index is 12.9. The molecule has 0 radical (unpaired) electrons. The fraction of sp³-hybridized carbons (Fsp3) is 0.333. The Bertz CT molecular complexity index is 1160. The Balaban J connectivity index is 2.09. The second-order valence-electron chi connectivity index (χ2n) is 8.95. The van der Waals surface area contributed by atoms with Crippen molar-refractivity contribution in [2.75, 3.05) is 6.54 Å². The fourth-order valence-electron chi connectivity index (χ4n) is 3.93. The van der Waals surface area contributed by atoms with Crippen LogP contribution >= 0.6 is 0 Å². The maximum Gasteiger partial charge on any atom is 0.243 e. The molecule has 8 N–H and O–H groups in total. The molecule has 2 aromatic rings. The van der Waals surface area contributed by atoms with E-state index in [0.29, 0.717) is 0 Å². The number of nitrogens with two attached hydrogens (primary N) is 2. The number of phenols is 1. The molecule has 2 aromatic carbocycles. The van der Waals surface area contributed by atoms with E-state index in [1.54, 1.807) is 30.3 Å². The van der Waals surface area contributed by atoms with Gasteiger partial charge in [0.1, 0.15) is 17.8 Å². The Morgan fingerprint density at radius 3 is 2.22 bits per heavy atom. The Kier molecular flexibility index (Phi) is 10.4. The molecule has 0 saturated heterocycles. The number of hydrogen-bond donors (Lipinski definition) is 6. The van der Waals surface area contributed by atoms with Crippen LogP contribution in [-0.2, 0) is 32.0 Å². The van der Waals surface area contributed by atoms with E-state index in [-0.39, 0.29) is 25.1 Å². The van der Waals surface area contributed by atoms with Gasteiger partial charge < -0.3 is 32.5 Å². The molecule has 4 amide bonds. The van der Waals surface area contributed by atoms with Crippen LogP contribution in [0.2, 0.25) is 0 Å². The van der Waals surface area contributed by atoms with Crippen molar-refractivity contribution >= 4 is 29.7 Å². The third-order valence-corrected chi connectivity index (χ3v) is 5.96. The van der Waals surface area contributed by atoms with Gasteiger partial charge in [0.15, 0.2) is 0 Å². The van der Waals surface area contributed by atoms with Crippen molar-refractivity contribution in [1.82, 2.24) is 16.0 Å². The maximum atomic E-state index is 12.9. The zero-order valence-corrected chi connectivity index (χ0v) is 21.3. The van der Waals surface area contributed by atoms with Crippen LogP contribution in [0.5, 0.6) is 5.75 Å². The van der Waals surface area contributed by atoms with Crippen LogP contribution in [0.4, 0.5) is 0 Å². The largest absolute Gasteiger partial charge is 0.508 e. The number of aryl methyl sites for hydroxylation is 2. The third-order valence-electron chi connectivity index (χ3n) is 5.96. The first-order valence-electron chi connectivity index (χ1n) is 11.8. The second kappa shape index (κ2) is 13.2. The highest BCUT2D eigenvalue weighted by molar-refractivity contribution is 5.94. The Hall–Kier alpha value is -4.18. The van der Waals surface area contributed by atoms with Gasteiger partial charge in [-0.2, -0.15) is 0 Å². The zero-order chi connectivity index (χ0) is 27.7. The lowest BCUT2D eigenvalue weighted by atomic mass is 9.96. The Labute approximate surface area is 216 Å². The molecular weight excluding hydrogens is 474 g/mol. The highest BCUT2D eigenvalue weighted by Gasteiger charge is 2.27. The summed E-state index contributed by atoms with van der Waals surface area (Å²) in [6, 6.07) is 7.46. The summed E-state index contributed by atoms with van der Waals surface area (Å²) < 4.78 is 0. The summed E-state index contributed by atoms with van der Waals surface area (Å²) in [5, 5.41) is 17.4. The second-order valence-corrected chi connectivity index (χ2v) is 8.95. The molecule has 0 aromatic heterocycles. The quantitative estimate of drug-likeness (QED) is 0.241. The van der Waals surface area contributed by atoms with Crippen molar-refractivity contribution in [3.05, 3.63) is 70.8 Å². The van der Waals surface area contributed by atoms with Crippen LogP contribution in [-0.4, -0.2) is 53.4 Å². The van der Waals surface area contributed by atoms with E-state index in [1.165, 1.54) is 6.92 Å². The number of nitrogens with one attached hydrogen (secondary N) is 3. The van der Waals surface area contributed by atoms with Crippen LogP contribution in [0, 0.1) is 13.8 Å². The lowest BCUT2D eigenvalue weighted by Gasteiger charge is -2.23. The molecule has 10 heteroatoms. The molecule has 0 heterocycles. The smallest absolute Gasteiger partial charge is 0.243 e. The summed E-state index contributed by atoms with van der Waals surface area (Å²) in [5.41, 5.74) is 15.2. The summed E-state index contributed by atoms with van der Waals surface area (Å²) >= 11 is 0. The number of hydrogen-bond acceptors (Lipinski definition) is 6. The van der Waals surface area contributed by atoms with Crippen LogP contribution in [0.15, 0.2) is 43.0 Å². The van der Waals surface area contributed by atoms with Crippen molar-refractivity contribution in [3.63, 3.8) is 0 Å². The minimum Gasteiger partial charge on any atom is -0.508 e. The Morgan fingerprint density at radius 1 is 1.00 bits per heavy atom. The molecule has 0 fully saturated rings. The zero-order valence-electron chi connectivity index (χ0n) is 21.3. The SMILES string of the molecule is C=Cc1ccccc1C[C@H](NC(=O)[C@@H](C)NC(=O)[C@@H](N)Cc1c(C)cc(O)cc1C)C(=O)NCC(N)=O. The topological polar surface area (TPSA) is 177 Å². The van der Waals surface area contributed by atoms with Gasteiger partial charge in [-0.05, 0) is 67.1 Å².